The van der Waals surface area contributed by atoms with E-state index >= 15 is 0 Å². The Kier molecular flexibility index (Phi) is 5.86. The lowest BCUT2D eigenvalue weighted by molar-refractivity contribution is 0.0961. The van der Waals surface area contributed by atoms with Crippen molar-refractivity contribution < 1.29 is 9.59 Å². The van der Waals surface area contributed by atoms with Gasteiger partial charge in [0.2, 0.25) is 0 Å². The third-order valence-corrected chi connectivity index (χ3v) is 4.09. The quantitative estimate of drug-likeness (QED) is 0.508. The highest BCUT2D eigenvalue weighted by Crippen LogP contribution is 2.21. The van der Waals surface area contributed by atoms with Crippen LogP contribution in [0.5, 0.6) is 0 Å². The van der Waals surface area contributed by atoms with Crippen molar-refractivity contribution in [1.82, 2.24) is 10.3 Å². The smallest absolute Gasteiger partial charge is 0.252 e. The molecule has 0 bridgehead atoms. The molecular weight excluding hydrogens is 354 g/mol. The van der Waals surface area contributed by atoms with Gasteiger partial charge in [-0.1, -0.05) is 36.4 Å². The lowest BCUT2D eigenvalue weighted by atomic mass is 10.2. The number of anilines is 3. The zero-order chi connectivity index (χ0) is 19.9. The normalized spacial score (nSPS) is 10.2. The van der Waals surface area contributed by atoms with Crippen LogP contribution in [-0.4, -0.2) is 23.8 Å². The molecule has 2 aromatic carbocycles. The van der Waals surface area contributed by atoms with Crippen molar-refractivity contribution in [1.29, 1.82) is 0 Å². The van der Waals surface area contributed by atoms with E-state index < -0.39 is 5.91 Å². The molecule has 0 spiro atoms. The van der Waals surface area contributed by atoms with Crippen molar-refractivity contribution in [2.24, 2.45) is 5.73 Å². The van der Waals surface area contributed by atoms with Crippen LogP contribution in [0.2, 0.25) is 0 Å². The fourth-order valence-electron chi connectivity index (χ4n) is 2.67. The molecule has 0 fully saturated rings. The van der Waals surface area contributed by atoms with Crippen LogP contribution >= 0.6 is 0 Å². The molecule has 7 heteroatoms. The molecule has 0 aliphatic heterocycles. The van der Waals surface area contributed by atoms with Crippen molar-refractivity contribution in [2.45, 2.75) is 6.54 Å². The molecule has 0 radical (unpaired) electrons. The van der Waals surface area contributed by atoms with Crippen molar-refractivity contribution in [3.05, 3.63) is 83.4 Å². The van der Waals surface area contributed by atoms with Gasteiger partial charge in [0.1, 0.15) is 11.6 Å². The number of nitrogens with one attached hydrogen (secondary N) is 3. The van der Waals surface area contributed by atoms with Crippen LogP contribution in [0.3, 0.4) is 0 Å². The monoisotopic (exact) mass is 375 g/mol. The molecule has 28 heavy (non-hydrogen) atoms. The van der Waals surface area contributed by atoms with Gasteiger partial charge in [0, 0.05) is 24.8 Å². The summed E-state index contributed by atoms with van der Waals surface area (Å²) in [6, 6.07) is 20.1. The van der Waals surface area contributed by atoms with E-state index in [1.165, 1.54) is 0 Å². The number of carbonyl (C=O) groups is 2. The Hall–Kier alpha value is -3.87. The van der Waals surface area contributed by atoms with Gasteiger partial charge in [-0.3, -0.25) is 9.59 Å². The van der Waals surface area contributed by atoms with Crippen molar-refractivity contribution in [2.75, 3.05) is 17.7 Å². The van der Waals surface area contributed by atoms with Gasteiger partial charge in [0.15, 0.2) is 0 Å². The first-order valence-corrected chi connectivity index (χ1v) is 8.74. The van der Waals surface area contributed by atoms with Crippen molar-refractivity contribution >= 4 is 29.1 Å². The van der Waals surface area contributed by atoms with E-state index in [0.29, 0.717) is 35.0 Å². The number of hydrogen-bond acceptors (Lipinski definition) is 5. The summed E-state index contributed by atoms with van der Waals surface area (Å²) in [6.07, 6.45) is 0. The van der Waals surface area contributed by atoms with Crippen LogP contribution in [0.1, 0.15) is 26.3 Å². The van der Waals surface area contributed by atoms with E-state index in [-0.39, 0.29) is 5.91 Å². The highest BCUT2D eigenvalue weighted by Gasteiger charge is 2.11. The molecule has 0 atom stereocenters. The van der Waals surface area contributed by atoms with E-state index in [2.05, 4.69) is 20.9 Å². The third-order valence-electron chi connectivity index (χ3n) is 4.09. The average molecular weight is 375 g/mol. The minimum absolute atomic E-state index is 0.175. The number of benzene rings is 2. The molecule has 1 heterocycles. The summed E-state index contributed by atoms with van der Waals surface area (Å²) >= 11 is 0. The number of rotatable bonds is 7. The Morgan fingerprint density at radius 2 is 1.79 bits per heavy atom. The number of nitrogens with two attached hydrogens (primary N) is 1. The Balaban J connectivity index is 1.82. The largest absolute Gasteiger partial charge is 0.365 e. The number of nitrogens with zero attached hydrogens (tertiary/aromatic N) is 1. The van der Waals surface area contributed by atoms with Crippen LogP contribution in [-0.2, 0) is 6.54 Å². The van der Waals surface area contributed by atoms with Gasteiger partial charge in [0.05, 0.1) is 5.56 Å². The lowest BCUT2D eigenvalue weighted by Gasteiger charge is -2.13. The summed E-state index contributed by atoms with van der Waals surface area (Å²) in [4.78, 5) is 28.0. The second-order valence-electron chi connectivity index (χ2n) is 6.08. The first-order valence-electron chi connectivity index (χ1n) is 8.74. The summed E-state index contributed by atoms with van der Waals surface area (Å²) in [7, 11) is 1.58. The molecule has 0 aliphatic carbocycles. The fraction of sp³-hybridized carbons (Fsp3) is 0.0952. The van der Waals surface area contributed by atoms with E-state index in [1.54, 1.807) is 37.4 Å². The second kappa shape index (κ2) is 8.68. The summed E-state index contributed by atoms with van der Waals surface area (Å²) in [5.74, 6) is 0.181. The molecule has 3 aromatic rings. The molecule has 0 unspecified atom stereocenters. The number of aromatic nitrogens is 1. The maximum absolute atomic E-state index is 11.8. The predicted molar refractivity (Wildman–Crippen MR) is 110 cm³/mol. The maximum Gasteiger partial charge on any atom is 0.252 e. The summed E-state index contributed by atoms with van der Waals surface area (Å²) in [5, 5.41) is 8.89. The summed E-state index contributed by atoms with van der Waals surface area (Å²) in [6.45, 7) is 0.504. The lowest BCUT2D eigenvalue weighted by Crippen LogP contribution is -2.17. The van der Waals surface area contributed by atoms with E-state index in [4.69, 9.17) is 5.73 Å². The Bertz CT molecular complexity index is 989. The molecular formula is C21H21N5O2. The summed E-state index contributed by atoms with van der Waals surface area (Å²) in [5.41, 5.74) is 8.06. The first-order chi connectivity index (χ1) is 13.6. The molecule has 3 rings (SSSR count). The zero-order valence-corrected chi connectivity index (χ0v) is 15.4. The molecule has 7 nitrogen and oxygen atoms in total. The maximum atomic E-state index is 11.8. The van der Waals surface area contributed by atoms with Crippen LogP contribution in [0, 0.1) is 0 Å². The van der Waals surface area contributed by atoms with E-state index in [0.717, 1.165) is 5.56 Å². The van der Waals surface area contributed by atoms with E-state index in [9.17, 15) is 9.59 Å². The SMILES string of the molecule is CNC(=O)c1cccc(Nc2ccc(C(N)=O)c(NCc3ccccc3)n2)c1. The number of carbonyl (C=O) groups excluding carboxylic acids is 2. The molecule has 0 saturated carbocycles. The topological polar surface area (TPSA) is 109 Å². The van der Waals surface area contributed by atoms with Crippen LogP contribution in [0.25, 0.3) is 0 Å². The standard InChI is InChI=1S/C21H21N5O2/c1-23-21(28)15-8-5-9-16(12-15)25-18-11-10-17(19(22)27)20(26-18)24-13-14-6-3-2-4-7-14/h2-12H,13H2,1H3,(H2,22,27)(H,23,28)(H2,24,25,26). The van der Waals surface area contributed by atoms with Gasteiger partial charge < -0.3 is 21.7 Å². The molecule has 0 aliphatic rings. The van der Waals surface area contributed by atoms with Gasteiger partial charge in [-0.2, -0.15) is 0 Å². The number of amides is 2. The highest BCUT2D eigenvalue weighted by atomic mass is 16.1. The molecule has 5 N–H and O–H groups in total. The van der Waals surface area contributed by atoms with Gasteiger partial charge in [0.25, 0.3) is 11.8 Å². The Labute approximate surface area is 163 Å². The average Bonchev–Trinajstić information content (AvgIpc) is 2.72. The molecule has 2 amide bonds. The number of primary amides is 1. The van der Waals surface area contributed by atoms with Crippen molar-refractivity contribution in [3.8, 4) is 0 Å². The van der Waals surface area contributed by atoms with Gasteiger partial charge in [-0.15, -0.1) is 0 Å². The highest BCUT2D eigenvalue weighted by molar-refractivity contribution is 5.98. The van der Waals surface area contributed by atoms with Crippen LogP contribution in [0.4, 0.5) is 17.3 Å². The zero-order valence-electron chi connectivity index (χ0n) is 15.4. The van der Waals surface area contributed by atoms with Gasteiger partial charge in [-0.05, 0) is 35.9 Å². The van der Waals surface area contributed by atoms with Crippen LogP contribution in [0.15, 0.2) is 66.7 Å². The van der Waals surface area contributed by atoms with E-state index in [1.807, 2.05) is 36.4 Å². The van der Waals surface area contributed by atoms with Gasteiger partial charge in [-0.25, -0.2) is 4.98 Å². The minimum atomic E-state index is -0.559. The predicted octanol–water partition coefficient (Wildman–Crippen LogP) is 2.90. The first kappa shape index (κ1) is 18.9. The third kappa shape index (κ3) is 4.64. The fourth-order valence-corrected chi connectivity index (χ4v) is 2.67. The Morgan fingerprint density at radius 3 is 2.50 bits per heavy atom. The minimum Gasteiger partial charge on any atom is -0.365 e. The molecule has 0 saturated heterocycles. The summed E-state index contributed by atoms with van der Waals surface area (Å²) < 4.78 is 0. The molecule has 1 aromatic heterocycles. The molecule has 142 valence electrons. The Morgan fingerprint density at radius 1 is 1.00 bits per heavy atom. The van der Waals surface area contributed by atoms with Crippen LogP contribution < -0.4 is 21.7 Å². The van der Waals surface area contributed by atoms with Gasteiger partial charge >= 0.3 is 0 Å². The van der Waals surface area contributed by atoms with Crippen molar-refractivity contribution in [3.63, 3.8) is 0 Å². The number of pyridine rings is 1. The number of hydrogen-bond donors (Lipinski definition) is 4. The second-order valence-corrected chi connectivity index (χ2v) is 6.08.